The van der Waals surface area contributed by atoms with E-state index >= 15 is 0 Å². The van der Waals surface area contributed by atoms with Gasteiger partial charge >= 0.3 is 0 Å². The number of ether oxygens (including phenoxy) is 1. The molecule has 2 heteroatoms. The Morgan fingerprint density at radius 1 is 2.00 bits per heavy atom. The quantitative estimate of drug-likeness (QED) is 0.297. The molecule has 0 aromatic rings. The maximum absolute atomic E-state index is 10.2. The average molecular weight is 111 g/mol. The van der Waals surface area contributed by atoms with Crippen molar-refractivity contribution < 1.29 is 9.84 Å². The van der Waals surface area contributed by atoms with Gasteiger partial charge in [0.1, 0.15) is 6.61 Å². The van der Waals surface area contributed by atoms with Gasteiger partial charge < -0.3 is 4.74 Å². The van der Waals surface area contributed by atoms with Crippen molar-refractivity contribution in [3.63, 3.8) is 0 Å². The van der Waals surface area contributed by atoms with Gasteiger partial charge in [0.25, 0.3) is 0 Å². The van der Waals surface area contributed by atoms with Gasteiger partial charge in [-0.25, -0.2) is 0 Å². The van der Waals surface area contributed by atoms with Crippen LogP contribution in [0.2, 0.25) is 0 Å². The molecule has 0 fully saturated rings. The van der Waals surface area contributed by atoms with Crippen molar-refractivity contribution in [1.29, 1.82) is 0 Å². The third-order valence-electron chi connectivity index (χ3n) is 0.523. The first kappa shape index (κ1) is 7.22. The lowest BCUT2D eigenvalue weighted by molar-refractivity contribution is -0.0943. The maximum atomic E-state index is 10.2. The van der Waals surface area contributed by atoms with Gasteiger partial charge in [-0.05, 0) is 6.08 Å². The fourth-order valence-corrected chi connectivity index (χ4v) is 0.198. The molecule has 8 heavy (non-hydrogen) atoms. The zero-order chi connectivity index (χ0) is 6.41. The van der Waals surface area contributed by atoms with E-state index in [2.05, 4.69) is 17.2 Å². The van der Waals surface area contributed by atoms with Crippen LogP contribution in [0.5, 0.6) is 0 Å². The lowest BCUT2D eigenvalue weighted by Crippen LogP contribution is -2.05. The molecule has 0 aromatic carbocycles. The predicted octanol–water partition coefficient (Wildman–Crippen LogP) is 0.579. The molecule has 0 spiro atoms. The van der Waals surface area contributed by atoms with Gasteiger partial charge in [-0.2, -0.15) is 5.11 Å². The molecule has 0 aliphatic carbocycles. The van der Waals surface area contributed by atoms with Gasteiger partial charge in [0.2, 0.25) is 6.29 Å². The van der Waals surface area contributed by atoms with Crippen molar-refractivity contribution in [3.8, 4) is 12.3 Å². The molecule has 0 aromatic heterocycles. The summed E-state index contributed by atoms with van der Waals surface area (Å²) in [4.78, 5) is 0. The van der Waals surface area contributed by atoms with E-state index in [1.165, 1.54) is 0 Å². The second kappa shape index (κ2) is 4.38. The molecule has 0 N–H and O–H groups in total. The highest BCUT2D eigenvalue weighted by Crippen LogP contribution is 1.85. The Morgan fingerprint density at radius 2 is 2.62 bits per heavy atom. The highest BCUT2D eigenvalue weighted by Gasteiger charge is 1.94. The highest BCUT2D eigenvalue weighted by atomic mass is 16.6. The summed E-state index contributed by atoms with van der Waals surface area (Å²) < 4.78 is 4.43. The van der Waals surface area contributed by atoms with Crippen molar-refractivity contribution in [1.82, 2.24) is 0 Å². The van der Waals surface area contributed by atoms with E-state index in [9.17, 15) is 5.11 Å². The summed E-state index contributed by atoms with van der Waals surface area (Å²) in [5.41, 5.74) is 0. The minimum atomic E-state index is -1.17. The Kier molecular flexibility index (Phi) is 3.95. The van der Waals surface area contributed by atoms with E-state index in [4.69, 9.17) is 6.42 Å². The fraction of sp³-hybridized carbons (Fsp3) is 0.333. The summed E-state index contributed by atoms with van der Waals surface area (Å²) in [6, 6.07) is 0. The topological polar surface area (TPSA) is 29.1 Å². The summed E-state index contributed by atoms with van der Waals surface area (Å²) in [5, 5.41) is 10.2. The molecular weight excluding hydrogens is 104 g/mol. The molecule has 0 aliphatic heterocycles. The van der Waals surface area contributed by atoms with Gasteiger partial charge in [0, 0.05) is 0 Å². The summed E-state index contributed by atoms with van der Waals surface area (Å²) in [7, 11) is 0. The Balaban J connectivity index is 3.13. The second-order valence-electron chi connectivity index (χ2n) is 1.12. The van der Waals surface area contributed by atoms with Crippen LogP contribution in [0.15, 0.2) is 12.7 Å². The molecule has 0 bridgehead atoms. The number of hydrogen-bond acceptors (Lipinski definition) is 1. The van der Waals surface area contributed by atoms with E-state index < -0.39 is 6.29 Å². The van der Waals surface area contributed by atoms with Gasteiger partial charge in [-0.15, -0.1) is 6.42 Å². The summed E-state index contributed by atoms with van der Waals surface area (Å²) >= 11 is 0. The molecule has 2 nitrogen and oxygen atoms in total. The molecule has 1 radical (unpaired) electrons. The van der Waals surface area contributed by atoms with Crippen molar-refractivity contribution in [3.05, 3.63) is 12.7 Å². The van der Waals surface area contributed by atoms with Crippen LogP contribution in [0.1, 0.15) is 0 Å². The highest BCUT2D eigenvalue weighted by molar-refractivity contribution is 4.84. The van der Waals surface area contributed by atoms with E-state index in [0.717, 1.165) is 6.08 Å². The van der Waals surface area contributed by atoms with Crippen LogP contribution in [-0.4, -0.2) is 12.9 Å². The fourth-order valence-electron chi connectivity index (χ4n) is 0.198. The van der Waals surface area contributed by atoms with Crippen molar-refractivity contribution in [2.45, 2.75) is 6.29 Å². The molecule has 0 aliphatic rings. The van der Waals surface area contributed by atoms with Gasteiger partial charge in [0.05, 0.1) is 0 Å². The minimum absolute atomic E-state index is 0.0557. The molecule has 0 heterocycles. The molecule has 0 saturated heterocycles. The lowest BCUT2D eigenvalue weighted by Gasteiger charge is -1.97. The van der Waals surface area contributed by atoms with Crippen LogP contribution >= 0.6 is 0 Å². The normalized spacial score (nSPS) is 12.0. The molecule has 0 saturated carbocycles. The van der Waals surface area contributed by atoms with Crippen molar-refractivity contribution >= 4 is 0 Å². The molecule has 1 unspecified atom stereocenters. The SMILES string of the molecule is C#CCOC([O])C=C. The van der Waals surface area contributed by atoms with Crippen LogP contribution in [0, 0.1) is 12.3 Å². The molecule has 1 atom stereocenters. The second-order valence-corrected chi connectivity index (χ2v) is 1.12. The Bertz CT molecular complexity index is 102. The van der Waals surface area contributed by atoms with Crippen molar-refractivity contribution in [2.75, 3.05) is 6.61 Å². The van der Waals surface area contributed by atoms with Crippen LogP contribution in [0.3, 0.4) is 0 Å². The predicted molar refractivity (Wildman–Crippen MR) is 29.5 cm³/mol. The van der Waals surface area contributed by atoms with Crippen molar-refractivity contribution in [2.24, 2.45) is 0 Å². The molecular formula is C6H7O2. The molecule has 0 amide bonds. The van der Waals surface area contributed by atoms with Gasteiger partial charge in [0.15, 0.2) is 0 Å². The van der Waals surface area contributed by atoms with Crippen LogP contribution in [0.4, 0.5) is 0 Å². The average Bonchev–Trinajstić information content (AvgIpc) is 1.83. The zero-order valence-electron chi connectivity index (χ0n) is 4.46. The zero-order valence-corrected chi connectivity index (χ0v) is 4.46. The van der Waals surface area contributed by atoms with Crippen LogP contribution in [0.25, 0.3) is 0 Å². The van der Waals surface area contributed by atoms with E-state index in [0.29, 0.717) is 0 Å². The minimum Gasteiger partial charge on any atom is -0.334 e. The first-order valence-electron chi connectivity index (χ1n) is 2.14. The Labute approximate surface area is 48.8 Å². The third-order valence-corrected chi connectivity index (χ3v) is 0.523. The van der Waals surface area contributed by atoms with Gasteiger partial charge in [-0.1, -0.05) is 12.5 Å². The Hall–Kier alpha value is -0.780. The smallest absolute Gasteiger partial charge is 0.211 e. The summed E-state index contributed by atoms with van der Waals surface area (Å²) in [6.07, 6.45) is 4.76. The largest absolute Gasteiger partial charge is 0.334 e. The molecule has 43 valence electrons. The van der Waals surface area contributed by atoms with E-state index in [1.54, 1.807) is 0 Å². The lowest BCUT2D eigenvalue weighted by atomic mass is 10.6. The van der Waals surface area contributed by atoms with Gasteiger partial charge in [-0.3, -0.25) is 0 Å². The Morgan fingerprint density at radius 3 is 3.00 bits per heavy atom. The maximum Gasteiger partial charge on any atom is 0.211 e. The first-order valence-corrected chi connectivity index (χ1v) is 2.14. The summed E-state index contributed by atoms with van der Waals surface area (Å²) in [5.74, 6) is 2.16. The number of rotatable bonds is 3. The van der Waals surface area contributed by atoms with Crippen LogP contribution in [-0.2, 0) is 9.84 Å². The summed E-state index contributed by atoms with van der Waals surface area (Å²) in [6.45, 7) is 3.26. The number of terminal acetylenes is 1. The van der Waals surface area contributed by atoms with E-state index in [-0.39, 0.29) is 6.61 Å². The van der Waals surface area contributed by atoms with Crippen LogP contribution < -0.4 is 0 Å². The number of hydrogen-bond donors (Lipinski definition) is 0. The standard InChI is InChI=1S/C6H7O2/c1-3-5-8-6(7)4-2/h1,4,6H,2,5H2. The molecule has 0 rings (SSSR count). The first-order chi connectivity index (χ1) is 3.81. The van der Waals surface area contributed by atoms with E-state index in [1.807, 2.05) is 0 Å². The monoisotopic (exact) mass is 111 g/mol. The third kappa shape index (κ3) is 3.41.